The van der Waals surface area contributed by atoms with E-state index in [1.54, 1.807) is 55.6 Å². The predicted molar refractivity (Wildman–Crippen MR) is 124 cm³/mol. The Labute approximate surface area is 185 Å². The number of carbonyl (C=O) groups excluding carboxylic acids is 2. The number of likely N-dealkylation sites (N-methyl/N-ethyl adjacent to an activating group) is 1. The van der Waals surface area contributed by atoms with Crippen molar-refractivity contribution >= 4 is 29.0 Å². The molecular weight excluding hydrogens is 407 g/mol. The van der Waals surface area contributed by atoms with Gasteiger partial charge in [-0.25, -0.2) is 14.2 Å². The third kappa shape index (κ3) is 4.23. The zero-order valence-electron chi connectivity index (χ0n) is 17.8. The Hall–Kier alpha value is -4.00. The molecule has 32 heavy (non-hydrogen) atoms. The van der Waals surface area contributed by atoms with Crippen molar-refractivity contribution in [3.63, 3.8) is 0 Å². The third-order valence-corrected chi connectivity index (χ3v) is 5.33. The first-order valence-corrected chi connectivity index (χ1v) is 10.3. The number of para-hydroxylation sites is 1. The molecule has 1 aliphatic rings. The van der Waals surface area contributed by atoms with Crippen LogP contribution >= 0.6 is 0 Å². The van der Waals surface area contributed by atoms with Gasteiger partial charge in [-0.15, -0.1) is 0 Å². The molecule has 0 radical (unpaired) electrons. The number of benzene rings is 3. The molecule has 0 aliphatic carbocycles. The molecule has 0 aromatic heterocycles. The average Bonchev–Trinajstić information content (AvgIpc) is 2.90. The Morgan fingerprint density at radius 2 is 1.75 bits per heavy atom. The van der Waals surface area contributed by atoms with Gasteiger partial charge in [0.15, 0.2) is 0 Å². The van der Waals surface area contributed by atoms with Gasteiger partial charge >= 0.3 is 6.03 Å². The lowest BCUT2D eigenvalue weighted by atomic mass is 10.00. The van der Waals surface area contributed by atoms with Crippen molar-refractivity contribution in [1.29, 1.82) is 0 Å². The first kappa shape index (κ1) is 21.2. The largest absolute Gasteiger partial charge is 0.321 e. The van der Waals surface area contributed by atoms with Gasteiger partial charge in [-0.05, 0) is 42.3 Å². The van der Waals surface area contributed by atoms with Crippen LogP contribution in [0.1, 0.15) is 23.6 Å². The predicted octanol–water partition coefficient (Wildman–Crippen LogP) is 4.35. The van der Waals surface area contributed by atoms with Crippen molar-refractivity contribution in [3.05, 3.63) is 95.3 Å². The van der Waals surface area contributed by atoms with Crippen molar-refractivity contribution in [2.45, 2.75) is 19.5 Å². The minimum absolute atomic E-state index is 0.255. The molecule has 1 unspecified atom stereocenters. The number of anilines is 2. The molecule has 162 valence electrons. The Bertz CT molecular complexity index is 1210. The fourth-order valence-electron chi connectivity index (χ4n) is 3.64. The Kier molecular flexibility index (Phi) is 5.98. The summed E-state index contributed by atoms with van der Waals surface area (Å²) in [5, 5.41) is 5.37. The normalized spacial score (nSPS) is 15.5. The maximum Gasteiger partial charge on any atom is 0.321 e. The van der Waals surface area contributed by atoms with Gasteiger partial charge in [0.05, 0.1) is 11.4 Å². The minimum atomic E-state index is -1.23. The number of hydrogen-bond acceptors (Lipinski definition) is 3. The molecule has 7 heteroatoms. The number of rotatable bonds is 4. The maximum absolute atomic E-state index is 14.7. The molecule has 1 heterocycles. The van der Waals surface area contributed by atoms with Crippen molar-refractivity contribution in [1.82, 2.24) is 5.32 Å². The number of carbonyl (C=O) groups is 2. The van der Waals surface area contributed by atoms with E-state index in [9.17, 15) is 14.0 Å². The number of aliphatic imine (C=N–C) groups is 1. The zero-order chi connectivity index (χ0) is 22.7. The summed E-state index contributed by atoms with van der Waals surface area (Å²) in [6.07, 6.45) is -0.395. The second-order valence-electron chi connectivity index (χ2n) is 7.43. The van der Waals surface area contributed by atoms with E-state index < -0.39 is 23.9 Å². The molecule has 0 bridgehead atoms. The first-order chi connectivity index (χ1) is 15.5. The highest BCUT2D eigenvalue weighted by Gasteiger charge is 2.31. The number of benzodiazepines with no additional fused rings is 1. The standard InChI is InChI=1S/C25H23FN4O2/c1-3-16-9-8-10-17(15-16)27-25(32)29-23-24(31)30(2)21-14-7-5-12-19(21)22(28-23)18-11-4-6-13-20(18)26/h4-15,23H,3H2,1-2H3,(H2,27,29,32). The summed E-state index contributed by atoms with van der Waals surface area (Å²) in [5.41, 5.74) is 3.43. The van der Waals surface area contributed by atoms with Gasteiger partial charge in [0, 0.05) is 23.9 Å². The number of amides is 3. The summed E-state index contributed by atoms with van der Waals surface area (Å²) in [4.78, 5) is 31.8. The molecule has 2 N–H and O–H groups in total. The number of nitrogens with one attached hydrogen (secondary N) is 2. The molecule has 1 aliphatic heterocycles. The molecule has 1 atom stereocenters. The number of halogens is 1. The quantitative estimate of drug-likeness (QED) is 0.646. The zero-order valence-corrected chi connectivity index (χ0v) is 17.8. The van der Waals surface area contributed by atoms with Crippen LogP contribution in [0.25, 0.3) is 0 Å². The summed E-state index contributed by atoms with van der Waals surface area (Å²) < 4.78 is 14.7. The van der Waals surface area contributed by atoms with Crippen LogP contribution in [0.15, 0.2) is 77.8 Å². The fraction of sp³-hybridized carbons (Fsp3) is 0.160. The van der Waals surface area contributed by atoms with Gasteiger partial charge in [0.2, 0.25) is 6.17 Å². The minimum Gasteiger partial charge on any atom is -0.311 e. The van der Waals surface area contributed by atoms with E-state index in [2.05, 4.69) is 15.6 Å². The van der Waals surface area contributed by atoms with E-state index >= 15 is 0 Å². The summed E-state index contributed by atoms with van der Waals surface area (Å²) >= 11 is 0. The van der Waals surface area contributed by atoms with Crippen LogP contribution in [0.3, 0.4) is 0 Å². The first-order valence-electron chi connectivity index (χ1n) is 10.3. The number of aryl methyl sites for hydroxylation is 1. The Balaban J connectivity index is 1.70. The second-order valence-corrected chi connectivity index (χ2v) is 7.43. The van der Waals surface area contributed by atoms with Gasteiger partial charge in [-0.3, -0.25) is 4.79 Å². The highest BCUT2D eigenvalue weighted by atomic mass is 19.1. The molecule has 6 nitrogen and oxygen atoms in total. The van der Waals surface area contributed by atoms with Crippen molar-refractivity contribution < 1.29 is 14.0 Å². The summed E-state index contributed by atoms with van der Waals surface area (Å²) in [6.45, 7) is 2.02. The summed E-state index contributed by atoms with van der Waals surface area (Å²) in [7, 11) is 1.61. The monoisotopic (exact) mass is 430 g/mol. The highest BCUT2D eigenvalue weighted by Crippen LogP contribution is 2.28. The fourth-order valence-corrected chi connectivity index (χ4v) is 3.64. The molecule has 0 spiro atoms. The van der Waals surface area contributed by atoms with Gasteiger partial charge in [-0.1, -0.05) is 49.4 Å². The van der Waals surface area contributed by atoms with E-state index in [1.807, 2.05) is 25.1 Å². The van der Waals surface area contributed by atoms with Crippen LogP contribution in [-0.2, 0) is 11.2 Å². The molecule has 0 saturated heterocycles. The number of urea groups is 1. The van der Waals surface area contributed by atoms with Crippen molar-refractivity contribution in [3.8, 4) is 0 Å². The van der Waals surface area contributed by atoms with Gasteiger partial charge in [0.1, 0.15) is 5.82 Å². The number of nitrogens with zero attached hydrogens (tertiary/aromatic N) is 2. The third-order valence-electron chi connectivity index (χ3n) is 5.33. The number of fused-ring (bicyclic) bond motifs is 1. The van der Waals surface area contributed by atoms with Crippen LogP contribution in [0.4, 0.5) is 20.6 Å². The molecule has 3 aromatic carbocycles. The van der Waals surface area contributed by atoms with Crippen molar-refractivity contribution in [2.75, 3.05) is 17.3 Å². The maximum atomic E-state index is 14.7. The summed E-state index contributed by atoms with van der Waals surface area (Å²) in [6, 6.07) is 20.3. The average molecular weight is 430 g/mol. The van der Waals surface area contributed by atoms with Crippen LogP contribution in [-0.4, -0.2) is 30.9 Å². The van der Waals surface area contributed by atoms with E-state index in [-0.39, 0.29) is 5.56 Å². The molecule has 0 fully saturated rings. The van der Waals surface area contributed by atoms with Gasteiger partial charge in [-0.2, -0.15) is 0 Å². The van der Waals surface area contributed by atoms with E-state index in [0.29, 0.717) is 22.6 Å². The lowest BCUT2D eigenvalue weighted by Gasteiger charge is -2.21. The molecule has 3 amide bonds. The van der Waals surface area contributed by atoms with Crippen molar-refractivity contribution in [2.24, 2.45) is 4.99 Å². The van der Waals surface area contributed by atoms with Crippen LogP contribution < -0.4 is 15.5 Å². The van der Waals surface area contributed by atoms with Crippen LogP contribution in [0.2, 0.25) is 0 Å². The van der Waals surface area contributed by atoms with Gasteiger partial charge in [0.25, 0.3) is 5.91 Å². The topological polar surface area (TPSA) is 73.8 Å². The molecule has 0 saturated carbocycles. The second kappa shape index (κ2) is 9.01. The molecule has 4 rings (SSSR count). The number of hydrogen-bond donors (Lipinski definition) is 2. The summed E-state index contributed by atoms with van der Waals surface area (Å²) in [5.74, 6) is -0.890. The highest BCUT2D eigenvalue weighted by molar-refractivity contribution is 6.20. The van der Waals surface area contributed by atoms with Crippen LogP contribution in [0, 0.1) is 5.82 Å². The van der Waals surface area contributed by atoms with E-state index in [0.717, 1.165) is 12.0 Å². The molecular formula is C25H23FN4O2. The Morgan fingerprint density at radius 3 is 2.50 bits per heavy atom. The lowest BCUT2D eigenvalue weighted by molar-refractivity contribution is -0.119. The van der Waals surface area contributed by atoms with Crippen LogP contribution in [0.5, 0.6) is 0 Å². The van der Waals surface area contributed by atoms with Gasteiger partial charge < -0.3 is 15.5 Å². The Morgan fingerprint density at radius 1 is 1.03 bits per heavy atom. The SMILES string of the molecule is CCc1cccc(NC(=O)NC2N=C(c3ccccc3F)c3ccccc3N(C)C2=O)c1. The smallest absolute Gasteiger partial charge is 0.311 e. The molecule has 3 aromatic rings. The van der Waals surface area contributed by atoms with E-state index in [1.165, 1.54) is 11.0 Å². The lowest BCUT2D eigenvalue weighted by Crippen LogP contribution is -2.47. The van der Waals surface area contributed by atoms with E-state index in [4.69, 9.17) is 0 Å².